The van der Waals surface area contributed by atoms with Gasteiger partial charge >= 0.3 is 6.01 Å². The van der Waals surface area contributed by atoms with E-state index in [4.69, 9.17) is 4.74 Å². The van der Waals surface area contributed by atoms with Crippen molar-refractivity contribution in [3.05, 3.63) is 18.0 Å². The molecule has 0 N–H and O–H groups in total. The number of methoxy groups -OCH3 is 1. The molecule has 0 unspecified atom stereocenters. The molecular formula is C14H23N3O. The molecule has 18 heavy (non-hydrogen) atoms. The van der Waals surface area contributed by atoms with Gasteiger partial charge in [0.25, 0.3) is 0 Å². The first-order chi connectivity index (χ1) is 8.69. The van der Waals surface area contributed by atoms with Gasteiger partial charge in [-0.3, -0.25) is 4.90 Å². The average molecular weight is 249 g/mol. The average Bonchev–Trinajstić information content (AvgIpc) is 2.39. The monoisotopic (exact) mass is 249 g/mol. The van der Waals surface area contributed by atoms with Crippen LogP contribution in [0.25, 0.3) is 0 Å². The van der Waals surface area contributed by atoms with E-state index in [0.717, 1.165) is 24.1 Å². The zero-order valence-corrected chi connectivity index (χ0v) is 11.6. The summed E-state index contributed by atoms with van der Waals surface area (Å²) in [4.78, 5) is 10.9. The van der Waals surface area contributed by atoms with Crippen LogP contribution in [-0.4, -0.2) is 35.1 Å². The summed E-state index contributed by atoms with van der Waals surface area (Å²) in [5, 5.41) is 0. The number of hydrogen-bond donors (Lipinski definition) is 0. The largest absolute Gasteiger partial charge is 0.467 e. The van der Waals surface area contributed by atoms with Gasteiger partial charge in [-0.05, 0) is 43.8 Å². The van der Waals surface area contributed by atoms with Crippen molar-refractivity contribution in [3.63, 3.8) is 0 Å². The van der Waals surface area contributed by atoms with Gasteiger partial charge in [0, 0.05) is 12.7 Å². The second kappa shape index (κ2) is 6.14. The fourth-order valence-electron chi connectivity index (χ4n) is 2.57. The molecule has 0 bridgehead atoms. The van der Waals surface area contributed by atoms with E-state index in [1.54, 1.807) is 13.3 Å². The van der Waals surface area contributed by atoms with Crippen LogP contribution in [0.5, 0.6) is 6.01 Å². The van der Waals surface area contributed by atoms with Crippen LogP contribution in [0.3, 0.4) is 0 Å². The molecule has 1 aliphatic heterocycles. The Bertz CT molecular complexity index is 373. The predicted molar refractivity (Wildman–Crippen MR) is 71.4 cm³/mol. The molecule has 0 spiro atoms. The summed E-state index contributed by atoms with van der Waals surface area (Å²) < 4.78 is 5.05. The number of hydrogen-bond acceptors (Lipinski definition) is 4. The first-order valence-electron chi connectivity index (χ1n) is 6.77. The molecule has 2 heterocycles. The molecule has 0 saturated carbocycles. The van der Waals surface area contributed by atoms with Crippen LogP contribution in [0.15, 0.2) is 12.3 Å². The minimum atomic E-state index is 0.463. The van der Waals surface area contributed by atoms with E-state index in [-0.39, 0.29) is 0 Å². The summed E-state index contributed by atoms with van der Waals surface area (Å²) in [7, 11) is 1.60. The van der Waals surface area contributed by atoms with E-state index < -0.39 is 0 Å². The summed E-state index contributed by atoms with van der Waals surface area (Å²) >= 11 is 0. The Labute approximate surface area is 109 Å². The first kappa shape index (κ1) is 13.3. The third kappa shape index (κ3) is 3.42. The number of piperidine rings is 1. The molecule has 1 aliphatic rings. The lowest BCUT2D eigenvalue weighted by Gasteiger charge is -2.33. The quantitative estimate of drug-likeness (QED) is 0.821. The summed E-state index contributed by atoms with van der Waals surface area (Å²) in [6.07, 6.45) is 4.38. The normalized spacial score (nSPS) is 18.2. The van der Waals surface area contributed by atoms with Crippen LogP contribution in [-0.2, 0) is 6.54 Å². The minimum Gasteiger partial charge on any atom is -0.467 e. The lowest BCUT2D eigenvalue weighted by atomic mass is 9.87. The summed E-state index contributed by atoms with van der Waals surface area (Å²) in [6.45, 7) is 7.92. The van der Waals surface area contributed by atoms with Crippen molar-refractivity contribution in [1.82, 2.24) is 14.9 Å². The van der Waals surface area contributed by atoms with Gasteiger partial charge in [0.05, 0.1) is 12.8 Å². The third-order valence-electron chi connectivity index (χ3n) is 3.83. The van der Waals surface area contributed by atoms with E-state index >= 15 is 0 Å². The van der Waals surface area contributed by atoms with Crippen LogP contribution < -0.4 is 4.74 Å². The molecule has 0 radical (unpaired) electrons. The molecule has 0 atom stereocenters. The maximum Gasteiger partial charge on any atom is 0.316 e. The molecule has 1 fully saturated rings. The van der Waals surface area contributed by atoms with Crippen LogP contribution in [0.2, 0.25) is 0 Å². The Morgan fingerprint density at radius 2 is 2.11 bits per heavy atom. The first-order valence-corrected chi connectivity index (χ1v) is 6.77. The molecule has 4 heteroatoms. The van der Waals surface area contributed by atoms with Gasteiger partial charge < -0.3 is 4.74 Å². The van der Waals surface area contributed by atoms with Crippen molar-refractivity contribution in [2.45, 2.75) is 33.2 Å². The molecule has 0 aromatic carbocycles. The van der Waals surface area contributed by atoms with Crippen LogP contribution in [0.1, 0.15) is 32.4 Å². The van der Waals surface area contributed by atoms with Gasteiger partial charge in [0.2, 0.25) is 0 Å². The van der Waals surface area contributed by atoms with Gasteiger partial charge in [-0.15, -0.1) is 0 Å². The van der Waals surface area contributed by atoms with Crippen molar-refractivity contribution in [3.8, 4) is 6.01 Å². The molecular weight excluding hydrogens is 226 g/mol. The van der Waals surface area contributed by atoms with Gasteiger partial charge in [0.1, 0.15) is 0 Å². The van der Waals surface area contributed by atoms with Crippen molar-refractivity contribution < 1.29 is 4.74 Å². The van der Waals surface area contributed by atoms with Crippen molar-refractivity contribution >= 4 is 0 Å². The van der Waals surface area contributed by atoms with Crippen molar-refractivity contribution in [2.24, 2.45) is 11.8 Å². The molecule has 1 aromatic heterocycles. The number of aromatic nitrogens is 2. The number of nitrogens with zero attached hydrogens (tertiary/aromatic N) is 3. The van der Waals surface area contributed by atoms with Crippen LogP contribution in [0.4, 0.5) is 0 Å². The number of rotatable bonds is 4. The van der Waals surface area contributed by atoms with Crippen molar-refractivity contribution in [1.29, 1.82) is 0 Å². The van der Waals surface area contributed by atoms with E-state index in [9.17, 15) is 0 Å². The SMILES string of the molecule is COc1nccc(CN2CCC(C(C)C)CC2)n1. The minimum absolute atomic E-state index is 0.463. The van der Waals surface area contributed by atoms with Gasteiger partial charge in [-0.2, -0.15) is 4.98 Å². The predicted octanol–water partition coefficient (Wildman–Crippen LogP) is 2.35. The number of ether oxygens (including phenoxy) is 1. The molecule has 1 saturated heterocycles. The summed E-state index contributed by atoms with van der Waals surface area (Å²) in [6, 6.07) is 2.43. The van der Waals surface area contributed by atoms with E-state index in [2.05, 4.69) is 28.7 Å². The van der Waals surface area contributed by atoms with Crippen LogP contribution in [0, 0.1) is 11.8 Å². The fourth-order valence-corrected chi connectivity index (χ4v) is 2.57. The summed E-state index contributed by atoms with van der Waals surface area (Å²) in [5.74, 6) is 1.70. The molecule has 0 amide bonds. The Kier molecular flexibility index (Phi) is 4.53. The molecule has 4 nitrogen and oxygen atoms in total. The summed E-state index contributed by atoms with van der Waals surface area (Å²) in [5.41, 5.74) is 1.05. The molecule has 1 aromatic rings. The standard InChI is InChI=1S/C14H23N3O/c1-11(2)12-5-8-17(9-6-12)10-13-4-7-15-14(16-13)18-3/h4,7,11-12H,5-6,8-10H2,1-3H3. The highest BCUT2D eigenvalue weighted by Gasteiger charge is 2.21. The van der Waals surface area contributed by atoms with E-state index in [1.165, 1.54) is 25.9 Å². The Morgan fingerprint density at radius 1 is 1.39 bits per heavy atom. The molecule has 2 rings (SSSR count). The van der Waals surface area contributed by atoms with Gasteiger partial charge in [-0.1, -0.05) is 13.8 Å². The Hall–Kier alpha value is -1.16. The smallest absolute Gasteiger partial charge is 0.316 e. The third-order valence-corrected chi connectivity index (χ3v) is 3.83. The zero-order chi connectivity index (χ0) is 13.0. The highest BCUT2D eigenvalue weighted by Crippen LogP contribution is 2.25. The Morgan fingerprint density at radius 3 is 2.72 bits per heavy atom. The van der Waals surface area contributed by atoms with Crippen LogP contribution >= 0.6 is 0 Å². The second-order valence-electron chi connectivity index (χ2n) is 5.39. The van der Waals surface area contributed by atoms with Crippen molar-refractivity contribution in [2.75, 3.05) is 20.2 Å². The van der Waals surface area contributed by atoms with E-state index in [1.807, 2.05) is 6.07 Å². The lowest BCUT2D eigenvalue weighted by molar-refractivity contribution is 0.150. The van der Waals surface area contributed by atoms with Gasteiger partial charge in [-0.25, -0.2) is 4.98 Å². The molecule has 100 valence electrons. The maximum absolute atomic E-state index is 5.05. The Balaban J connectivity index is 1.87. The fraction of sp³-hybridized carbons (Fsp3) is 0.714. The zero-order valence-electron chi connectivity index (χ0n) is 11.6. The van der Waals surface area contributed by atoms with E-state index in [0.29, 0.717) is 6.01 Å². The lowest BCUT2D eigenvalue weighted by Crippen LogP contribution is -2.35. The maximum atomic E-state index is 5.05. The topological polar surface area (TPSA) is 38.2 Å². The highest BCUT2D eigenvalue weighted by atomic mass is 16.5. The second-order valence-corrected chi connectivity index (χ2v) is 5.39. The highest BCUT2D eigenvalue weighted by molar-refractivity contribution is 5.05. The van der Waals surface area contributed by atoms with Gasteiger partial charge in [0.15, 0.2) is 0 Å². The molecule has 0 aliphatic carbocycles. The number of likely N-dealkylation sites (tertiary alicyclic amines) is 1.